The molecule has 1 aromatic rings. The lowest BCUT2D eigenvalue weighted by molar-refractivity contribution is 0.0522. The minimum atomic E-state index is -0.345. The number of nitrogens with zero attached hydrogens (tertiary/aromatic N) is 2. The summed E-state index contributed by atoms with van der Waals surface area (Å²) >= 11 is 3.29. The van der Waals surface area contributed by atoms with Crippen LogP contribution in [0.5, 0.6) is 5.88 Å². The zero-order valence-corrected chi connectivity index (χ0v) is 9.86. The highest BCUT2D eigenvalue weighted by Crippen LogP contribution is 2.25. The van der Waals surface area contributed by atoms with Crippen LogP contribution in [0.4, 0.5) is 0 Å². The van der Waals surface area contributed by atoms with Crippen molar-refractivity contribution in [3.63, 3.8) is 0 Å². The third kappa shape index (κ3) is 2.05. The Hall–Kier alpha value is -0.880. The molecule has 0 radical (unpaired) electrons. The van der Waals surface area contributed by atoms with E-state index in [4.69, 9.17) is 9.47 Å². The lowest BCUT2D eigenvalue weighted by Crippen LogP contribution is -2.26. The van der Waals surface area contributed by atoms with Crippen molar-refractivity contribution in [2.45, 2.75) is 19.1 Å². The highest BCUT2D eigenvalue weighted by Gasteiger charge is 2.20. The molecule has 0 unspecified atom stereocenters. The molecule has 1 fully saturated rings. The minimum absolute atomic E-state index is 0.188. The molecule has 15 heavy (non-hydrogen) atoms. The van der Waals surface area contributed by atoms with E-state index >= 15 is 0 Å². The third-order valence-electron chi connectivity index (χ3n) is 2.28. The van der Waals surface area contributed by atoms with Crippen molar-refractivity contribution in [3.05, 3.63) is 21.2 Å². The Morgan fingerprint density at radius 3 is 3.13 bits per heavy atom. The molecule has 1 atom stereocenters. The Labute approximate surface area is 95.2 Å². The maximum absolute atomic E-state index is 11.6. The van der Waals surface area contributed by atoms with Crippen LogP contribution in [-0.4, -0.2) is 23.3 Å². The number of methoxy groups -OCH3 is 1. The normalized spacial score (nSPS) is 20.5. The summed E-state index contributed by atoms with van der Waals surface area (Å²) in [4.78, 5) is 15.4. The zero-order valence-electron chi connectivity index (χ0n) is 8.27. The molecule has 0 N–H and O–H groups in total. The van der Waals surface area contributed by atoms with E-state index in [1.54, 1.807) is 6.20 Å². The molecule has 1 saturated heterocycles. The van der Waals surface area contributed by atoms with Gasteiger partial charge in [-0.2, -0.15) is 4.98 Å². The first-order valence-corrected chi connectivity index (χ1v) is 5.46. The van der Waals surface area contributed by atoms with E-state index in [0.29, 0.717) is 17.0 Å². The number of hydrogen-bond acceptors (Lipinski definition) is 4. The van der Waals surface area contributed by atoms with Crippen molar-refractivity contribution in [2.24, 2.45) is 0 Å². The maximum Gasteiger partial charge on any atom is 0.353 e. The minimum Gasteiger partial charge on any atom is -0.480 e. The molecule has 1 aromatic heterocycles. The van der Waals surface area contributed by atoms with Crippen LogP contribution in [0.2, 0.25) is 0 Å². The molecule has 2 heterocycles. The van der Waals surface area contributed by atoms with Gasteiger partial charge in [0.25, 0.3) is 0 Å². The summed E-state index contributed by atoms with van der Waals surface area (Å²) in [5, 5.41) is 0. The molecule has 82 valence electrons. The number of hydrogen-bond donors (Lipinski definition) is 0. The van der Waals surface area contributed by atoms with E-state index in [1.165, 1.54) is 11.7 Å². The summed E-state index contributed by atoms with van der Waals surface area (Å²) in [5.74, 6) is 0.300. The SMILES string of the molecule is COc1nc(=O)n([C@@H]2CCCO2)cc1Br. The molecule has 0 bridgehead atoms. The van der Waals surface area contributed by atoms with Crippen LogP contribution >= 0.6 is 15.9 Å². The van der Waals surface area contributed by atoms with Gasteiger partial charge in [0.15, 0.2) is 0 Å². The second-order valence-corrected chi connectivity index (χ2v) is 4.11. The van der Waals surface area contributed by atoms with Crippen molar-refractivity contribution >= 4 is 15.9 Å². The van der Waals surface area contributed by atoms with Gasteiger partial charge in [-0.05, 0) is 28.8 Å². The molecular formula is C9H11BrN2O3. The Morgan fingerprint density at radius 1 is 1.73 bits per heavy atom. The quantitative estimate of drug-likeness (QED) is 0.817. The Balaban J connectivity index is 2.40. The number of aromatic nitrogens is 2. The first-order valence-electron chi connectivity index (χ1n) is 4.66. The second-order valence-electron chi connectivity index (χ2n) is 3.26. The van der Waals surface area contributed by atoms with Gasteiger partial charge in [0.1, 0.15) is 6.23 Å². The summed E-state index contributed by atoms with van der Waals surface area (Å²) in [6, 6.07) is 0. The van der Waals surface area contributed by atoms with E-state index in [9.17, 15) is 4.79 Å². The third-order valence-corrected chi connectivity index (χ3v) is 2.83. The van der Waals surface area contributed by atoms with E-state index in [-0.39, 0.29) is 11.9 Å². The molecule has 0 aromatic carbocycles. The van der Waals surface area contributed by atoms with Gasteiger partial charge in [-0.3, -0.25) is 4.57 Å². The molecule has 0 amide bonds. The molecule has 6 heteroatoms. The van der Waals surface area contributed by atoms with Gasteiger partial charge < -0.3 is 9.47 Å². The van der Waals surface area contributed by atoms with Crippen LogP contribution in [0, 0.1) is 0 Å². The number of halogens is 1. The Bertz CT molecular complexity index is 412. The smallest absolute Gasteiger partial charge is 0.353 e. The highest BCUT2D eigenvalue weighted by atomic mass is 79.9. The van der Waals surface area contributed by atoms with Gasteiger partial charge in [-0.25, -0.2) is 4.79 Å². The van der Waals surface area contributed by atoms with E-state index in [1.807, 2.05) is 0 Å². The lowest BCUT2D eigenvalue weighted by Gasteiger charge is -2.13. The first-order chi connectivity index (χ1) is 7.22. The van der Waals surface area contributed by atoms with Gasteiger partial charge in [-0.15, -0.1) is 0 Å². The molecule has 0 saturated carbocycles. The van der Waals surface area contributed by atoms with Gasteiger partial charge in [-0.1, -0.05) is 0 Å². The number of ether oxygens (including phenoxy) is 2. The van der Waals surface area contributed by atoms with Crippen LogP contribution in [0.3, 0.4) is 0 Å². The highest BCUT2D eigenvalue weighted by molar-refractivity contribution is 9.10. The fourth-order valence-electron chi connectivity index (χ4n) is 1.56. The van der Waals surface area contributed by atoms with Gasteiger partial charge >= 0.3 is 5.69 Å². The van der Waals surface area contributed by atoms with Crippen molar-refractivity contribution in [1.82, 2.24) is 9.55 Å². The van der Waals surface area contributed by atoms with Crippen molar-refractivity contribution < 1.29 is 9.47 Å². The molecule has 0 aliphatic carbocycles. The Kier molecular flexibility index (Phi) is 3.06. The molecule has 0 spiro atoms. The summed E-state index contributed by atoms with van der Waals surface area (Å²) < 4.78 is 12.5. The maximum atomic E-state index is 11.6. The zero-order chi connectivity index (χ0) is 10.8. The summed E-state index contributed by atoms with van der Waals surface area (Å²) in [6.07, 6.45) is 3.29. The average Bonchev–Trinajstić information content (AvgIpc) is 2.74. The fraction of sp³-hybridized carbons (Fsp3) is 0.556. The Morgan fingerprint density at radius 2 is 2.53 bits per heavy atom. The lowest BCUT2D eigenvalue weighted by atomic mass is 10.3. The molecule has 2 rings (SSSR count). The van der Waals surface area contributed by atoms with Crippen LogP contribution in [-0.2, 0) is 4.74 Å². The van der Waals surface area contributed by atoms with E-state index < -0.39 is 0 Å². The summed E-state index contributed by atoms with van der Waals surface area (Å²) in [6.45, 7) is 0.695. The van der Waals surface area contributed by atoms with Gasteiger partial charge in [0, 0.05) is 12.8 Å². The predicted octanol–water partition coefficient (Wildman–Crippen LogP) is 1.32. The van der Waals surface area contributed by atoms with Crippen LogP contribution < -0.4 is 10.4 Å². The summed E-state index contributed by atoms with van der Waals surface area (Å²) in [5.41, 5.74) is -0.345. The fourth-order valence-corrected chi connectivity index (χ4v) is 2.03. The largest absolute Gasteiger partial charge is 0.480 e. The van der Waals surface area contributed by atoms with Crippen molar-refractivity contribution in [1.29, 1.82) is 0 Å². The molecule has 1 aliphatic rings. The molecule has 1 aliphatic heterocycles. The van der Waals surface area contributed by atoms with Crippen LogP contribution in [0.1, 0.15) is 19.1 Å². The van der Waals surface area contributed by atoms with Gasteiger partial charge in [0.05, 0.1) is 11.6 Å². The van der Waals surface area contributed by atoms with Crippen molar-refractivity contribution in [2.75, 3.05) is 13.7 Å². The molecule has 5 nitrogen and oxygen atoms in total. The first kappa shape index (κ1) is 10.6. The monoisotopic (exact) mass is 274 g/mol. The van der Waals surface area contributed by atoms with Crippen LogP contribution in [0.15, 0.2) is 15.5 Å². The van der Waals surface area contributed by atoms with E-state index in [2.05, 4.69) is 20.9 Å². The predicted molar refractivity (Wildman–Crippen MR) is 57.0 cm³/mol. The topological polar surface area (TPSA) is 53.3 Å². The standard InChI is InChI=1S/C9H11BrN2O3/c1-14-8-6(10)5-12(9(13)11-8)7-3-2-4-15-7/h5,7H,2-4H2,1H3/t7-/m0/s1. The van der Waals surface area contributed by atoms with Crippen LogP contribution in [0.25, 0.3) is 0 Å². The van der Waals surface area contributed by atoms with E-state index in [0.717, 1.165) is 12.8 Å². The second kappa shape index (κ2) is 4.32. The summed E-state index contributed by atoms with van der Waals surface area (Å²) in [7, 11) is 1.48. The van der Waals surface area contributed by atoms with Crippen molar-refractivity contribution in [3.8, 4) is 5.88 Å². The molecular weight excluding hydrogens is 264 g/mol. The number of rotatable bonds is 2. The average molecular weight is 275 g/mol. The van der Waals surface area contributed by atoms with Gasteiger partial charge in [0.2, 0.25) is 5.88 Å².